The quantitative estimate of drug-likeness (QED) is 0.788. The van der Waals surface area contributed by atoms with Gasteiger partial charge in [-0.05, 0) is 25.0 Å². The molecular weight excluding hydrogens is 252 g/mol. The van der Waals surface area contributed by atoms with E-state index in [0.717, 1.165) is 37.0 Å². The van der Waals surface area contributed by atoms with Gasteiger partial charge in [-0.25, -0.2) is 9.59 Å². The summed E-state index contributed by atoms with van der Waals surface area (Å²) in [5, 5.41) is 14.9. The maximum absolute atomic E-state index is 11.7. The summed E-state index contributed by atoms with van der Waals surface area (Å²) in [6.07, 6.45) is 5.61. The maximum Gasteiger partial charge on any atom is 0.345 e. The first-order valence-electron chi connectivity index (χ1n) is 6.06. The Morgan fingerprint density at radius 2 is 1.94 bits per heavy atom. The molecule has 0 saturated heterocycles. The fourth-order valence-electron chi connectivity index (χ4n) is 2.10. The monoisotopic (exact) mass is 268 g/mol. The molecule has 0 aromatic carbocycles. The molecule has 2 amide bonds. The number of urea groups is 1. The van der Waals surface area contributed by atoms with Crippen LogP contribution in [0.3, 0.4) is 0 Å². The van der Waals surface area contributed by atoms with Crippen LogP contribution in [-0.2, 0) is 0 Å². The van der Waals surface area contributed by atoms with Gasteiger partial charge in [-0.1, -0.05) is 19.3 Å². The van der Waals surface area contributed by atoms with E-state index in [1.807, 2.05) is 0 Å². The van der Waals surface area contributed by atoms with Gasteiger partial charge in [-0.2, -0.15) is 0 Å². The summed E-state index contributed by atoms with van der Waals surface area (Å²) in [7, 11) is 0. The highest BCUT2D eigenvalue weighted by Crippen LogP contribution is 2.22. The largest absolute Gasteiger partial charge is 0.477 e. The van der Waals surface area contributed by atoms with Crippen LogP contribution in [0, 0.1) is 0 Å². The van der Waals surface area contributed by atoms with Crippen molar-refractivity contribution >= 4 is 28.3 Å². The van der Waals surface area contributed by atoms with Crippen molar-refractivity contribution < 1.29 is 14.7 Å². The van der Waals surface area contributed by atoms with Crippen molar-refractivity contribution in [1.82, 2.24) is 5.32 Å². The number of amides is 2. The van der Waals surface area contributed by atoms with Crippen molar-refractivity contribution in [1.29, 1.82) is 0 Å². The molecule has 1 heterocycles. The van der Waals surface area contributed by atoms with Crippen molar-refractivity contribution in [3.05, 3.63) is 17.0 Å². The third kappa shape index (κ3) is 3.46. The van der Waals surface area contributed by atoms with Crippen LogP contribution >= 0.6 is 11.3 Å². The van der Waals surface area contributed by atoms with E-state index in [1.165, 1.54) is 12.5 Å². The highest BCUT2D eigenvalue weighted by Gasteiger charge is 2.16. The van der Waals surface area contributed by atoms with E-state index in [2.05, 4.69) is 10.6 Å². The average molecular weight is 268 g/mol. The fraction of sp³-hybridized carbons (Fsp3) is 0.500. The van der Waals surface area contributed by atoms with Crippen LogP contribution in [0.2, 0.25) is 0 Å². The molecule has 5 nitrogen and oxygen atoms in total. The van der Waals surface area contributed by atoms with Crippen molar-refractivity contribution in [3.63, 3.8) is 0 Å². The van der Waals surface area contributed by atoms with Crippen LogP contribution in [0.15, 0.2) is 12.1 Å². The van der Waals surface area contributed by atoms with E-state index >= 15 is 0 Å². The Bertz CT molecular complexity index is 438. The van der Waals surface area contributed by atoms with Gasteiger partial charge >= 0.3 is 12.0 Å². The number of aromatic carboxylic acids is 1. The molecule has 0 radical (unpaired) electrons. The van der Waals surface area contributed by atoms with Crippen molar-refractivity contribution in [2.45, 2.75) is 38.1 Å². The Balaban J connectivity index is 1.84. The van der Waals surface area contributed by atoms with Gasteiger partial charge < -0.3 is 10.4 Å². The minimum atomic E-state index is -0.972. The molecule has 0 atom stereocenters. The molecule has 1 aliphatic carbocycles. The summed E-state index contributed by atoms with van der Waals surface area (Å²) in [6.45, 7) is 0. The standard InChI is InChI=1S/C12H16N2O3S/c15-11(16)9-6-7-10(18-9)14-12(17)13-8-4-2-1-3-5-8/h6-8H,1-5H2,(H,15,16)(H2,13,14,17). The van der Waals surface area contributed by atoms with Crippen LogP contribution in [-0.4, -0.2) is 23.1 Å². The number of hydrogen-bond donors (Lipinski definition) is 3. The Labute approximate surface area is 109 Å². The number of carbonyl (C=O) groups excluding carboxylic acids is 1. The smallest absolute Gasteiger partial charge is 0.345 e. The van der Waals surface area contributed by atoms with Crippen molar-refractivity contribution in [2.75, 3.05) is 5.32 Å². The molecule has 98 valence electrons. The highest BCUT2D eigenvalue weighted by molar-refractivity contribution is 7.18. The molecule has 1 saturated carbocycles. The van der Waals surface area contributed by atoms with Crippen molar-refractivity contribution in [3.8, 4) is 0 Å². The zero-order valence-corrected chi connectivity index (χ0v) is 10.8. The first-order chi connectivity index (χ1) is 8.65. The Kier molecular flexibility index (Phi) is 4.19. The number of carboxylic acid groups (broad SMARTS) is 1. The van der Waals surface area contributed by atoms with Gasteiger partial charge in [0.05, 0.1) is 5.00 Å². The van der Waals surface area contributed by atoms with Crippen LogP contribution in [0.4, 0.5) is 9.80 Å². The topological polar surface area (TPSA) is 78.4 Å². The minimum Gasteiger partial charge on any atom is -0.477 e. The maximum atomic E-state index is 11.7. The summed E-state index contributed by atoms with van der Waals surface area (Å²) in [6, 6.07) is 3.09. The number of rotatable bonds is 3. The lowest BCUT2D eigenvalue weighted by molar-refractivity contribution is 0.0702. The molecule has 2 rings (SSSR count). The lowest BCUT2D eigenvalue weighted by Crippen LogP contribution is -2.38. The number of carboxylic acids is 1. The highest BCUT2D eigenvalue weighted by atomic mass is 32.1. The second-order valence-corrected chi connectivity index (χ2v) is 5.49. The Morgan fingerprint density at radius 3 is 2.56 bits per heavy atom. The zero-order valence-electron chi connectivity index (χ0n) is 9.94. The van der Waals surface area contributed by atoms with Crippen LogP contribution < -0.4 is 10.6 Å². The third-order valence-electron chi connectivity index (χ3n) is 2.99. The van der Waals surface area contributed by atoms with E-state index in [0.29, 0.717) is 5.00 Å². The summed E-state index contributed by atoms with van der Waals surface area (Å²) in [4.78, 5) is 22.6. The Hall–Kier alpha value is -1.56. The van der Waals surface area contributed by atoms with E-state index in [1.54, 1.807) is 6.07 Å². The molecule has 0 spiro atoms. The molecule has 0 bridgehead atoms. The number of thiophene rings is 1. The minimum absolute atomic E-state index is 0.225. The second kappa shape index (κ2) is 5.86. The lowest BCUT2D eigenvalue weighted by atomic mass is 9.96. The SMILES string of the molecule is O=C(Nc1ccc(C(=O)O)s1)NC1CCCCC1. The van der Waals surface area contributed by atoms with Crippen LogP contribution in [0.1, 0.15) is 41.8 Å². The third-order valence-corrected chi connectivity index (χ3v) is 3.98. The molecule has 0 aliphatic heterocycles. The molecule has 1 aromatic heterocycles. The van der Waals surface area contributed by atoms with Gasteiger partial charge in [0, 0.05) is 6.04 Å². The molecule has 18 heavy (non-hydrogen) atoms. The van der Waals surface area contributed by atoms with Gasteiger partial charge in [-0.3, -0.25) is 5.32 Å². The number of anilines is 1. The van der Waals surface area contributed by atoms with Gasteiger partial charge in [0.25, 0.3) is 0 Å². The predicted octanol–water partition coefficient (Wildman–Crippen LogP) is 2.90. The molecule has 1 aliphatic rings. The average Bonchev–Trinajstić information content (AvgIpc) is 2.78. The van der Waals surface area contributed by atoms with E-state index < -0.39 is 5.97 Å². The fourth-order valence-corrected chi connectivity index (χ4v) is 2.84. The summed E-state index contributed by atoms with van der Waals surface area (Å²) >= 11 is 1.06. The first-order valence-corrected chi connectivity index (χ1v) is 6.87. The molecule has 1 fully saturated rings. The van der Waals surface area contributed by atoms with Gasteiger partial charge in [0.15, 0.2) is 0 Å². The Morgan fingerprint density at radius 1 is 1.22 bits per heavy atom. The summed E-state index contributed by atoms with van der Waals surface area (Å²) in [5.41, 5.74) is 0. The number of carbonyl (C=O) groups is 2. The van der Waals surface area contributed by atoms with E-state index in [4.69, 9.17) is 5.11 Å². The summed E-state index contributed by atoms with van der Waals surface area (Å²) < 4.78 is 0. The molecule has 6 heteroatoms. The van der Waals surface area contributed by atoms with E-state index in [9.17, 15) is 9.59 Å². The van der Waals surface area contributed by atoms with E-state index in [-0.39, 0.29) is 17.0 Å². The zero-order chi connectivity index (χ0) is 13.0. The summed E-state index contributed by atoms with van der Waals surface area (Å²) in [5.74, 6) is -0.972. The van der Waals surface area contributed by atoms with Crippen molar-refractivity contribution in [2.24, 2.45) is 0 Å². The first kappa shape index (κ1) is 12.9. The molecule has 0 unspecified atom stereocenters. The lowest BCUT2D eigenvalue weighted by Gasteiger charge is -2.22. The predicted molar refractivity (Wildman–Crippen MR) is 70.3 cm³/mol. The van der Waals surface area contributed by atoms with Gasteiger partial charge in [0.2, 0.25) is 0 Å². The molecule has 3 N–H and O–H groups in total. The van der Waals surface area contributed by atoms with Crippen LogP contribution in [0.5, 0.6) is 0 Å². The second-order valence-electron chi connectivity index (χ2n) is 4.40. The molecular formula is C12H16N2O3S. The number of hydrogen-bond acceptors (Lipinski definition) is 3. The van der Waals surface area contributed by atoms with Gasteiger partial charge in [0.1, 0.15) is 4.88 Å². The van der Waals surface area contributed by atoms with Gasteiger partial charge in [-0.15, -0.1) is 11.3 Å². The normalized spacial score (nSPS) is 16.2. The van der Waals surface area contributed by atoms with Crippen LogP contribution in [0.25, 0.3) is 0 Å². The molecule has 1 aromatic rings. The number of nitrogens with one attached hydrogen (secondary N) is 2.